The Morgan fingerprint density at radius 2 is 1.43 bits per heavy atom. The molecule has 12 nitrogen and oxygen atoms in total. The zero-order valence-corrected chi connectivity index (χ0v) is 27.7. The summed E-state index contributed by atoms with van der Waals surface area (Å²) >= 11 is 0. The summed E-state index contributed by atoms with van der Waals surface area (Å²) < 4.78 is 22.3. The van der Waals surface area contributed by atoms with Crippen LogP contribution in [-0.4, -0.2) is 78.6 Å². The molecular weight excluding hydrogens is 656 g/mol. The highest BCUT2D eigenvalue weighted by atomic mass is 16.6. The Labute approximate surface area is 293 Å². The SMILES string of the molecule is COCCOC(=O)N1C(=O)[C@@]2(c3ccccc31)[C@H](c1ccc(OCCO)cc1)N1[C@H](c3ccccc3)[C@H](c3ccccc3)OC(=O)[C@H]1[C@@H]2C(=O)O. The molecule has 262 valence electrons. The summed E-state index contributed by atoms with van der Waals surface area (Å²) in [6.07, 6.45) is -1.88. The summed E-state index contributed by atoms with van der Waals surface area (Å²) in [5.41, 5.74) is 0.320. The average molecular weight is 693 g/mol. The average Bonchev–Trinajstić information content (AvgIpc) is 3.61. The number of carbonyl (C=O) groups excluding carboxylic acids is 3. The van der Waals surface area contributed by atoms with Gasteiger partial charge in [-0.05, 0) is 40.5 Å². The normalized spacial score (nSPS) is 25.3. The molecule has 3 heterocycles. The van der Waals surface area contributed by atoms with Gasteiger partial charge >= 0.3 is 18.0 Å². The third-order valence-corrected chi connectivity index (χ3v) is 9.88. The van der Waals surface area contributed by atoms with Gasteiger partial charge in [0.2, 0.25) is 5.91 Å². The number of anilines is 1. The predicted octanol–water partition coefficient (Wildman–Crippen LogP) is 4.59. The van der Waals surface area contributed by atoms with E-state index in [1.807, 2.05) is 60.7 Å². The van der Waals surface area contributed by atoms with Gasteiger partial charge in [0.05, 0.1) is 31.0 Å². The molecule has 0 bridgehead atoms. The highest BCUT2D eigenvalue weighted by Gasteiger charge is 2.76. The van der Waals surface area contributed by atoms with Crippen molar-refractivity contribution < 1.29 is 48.3 Å². The number of esters is 1. The number of cyclic esters (lactones) is 1. The zero-order valence-electron chi connectivity index (χ0n) is 27.7. The minimum Gasteiger partial charge on any atom is -0.491 e. The molecule has 6 atom stereocenters. The van der Waals surface area contributed by atoms with Crippen LogP contribution >= 0.6 is 0 Å². The Morgan fingerprint density at radius 1 is 0.784 bits per heavy atom. The van der Waals surface area contributed by atoms with Crippen molar-refractivity contribution in [2.24, 2.45) is 5.92 Å². The fourth-order valence-corrected chi connectivity index (χ4v) is 8.01. The second-order valence-corrected chi connectivity index (χ2v) is 12.5. The number of morpholine rings is 1. The Kier molecular flexibility index (Phi) is 9.30. The summed E-state index contributed by atoms with van der Waals surface area (Å²) in [6, 6.07) is 28.4. The molecule has 3 aliphatic heterocycles. The van der Waals surface area contributed by atoms with Crippen LogP contribution in [0.25, 0.3) is 0 Å². The van der Waals surface area contributed by atoms with Crippen LogP contribution in [0.2, 0.25) is 0 Å². The number of hydrogen-bond donors (Lipinski definition) is 2. The molecule has 2 fully saturated rings. The number of carboxylic acid groups (broad SMARTS) is 1. The molecular formula is C39H36N2O10. The highest BCUT2D eigenvalue weighted by molar-refractivity contribution is 6.23. The maximum absolute atomic E-state index is 15.3. The molecule has 0 aliphatic carbocycles. The van der Waals surface area contributed by atoms with Crippen LogP contribution in [0.15, 0.2) is 109 Å². The van der Waals surface area contributed by atoms with Gasteiger partial charge in [0, 0.05) is 7.11 Å². The lowest BCUT2D eigenvalue weighted by molar-refractivity contribution is -0.179. The van der Waals surface area contributed by atoms with Gasteiger partial charge in [0.1, 0.15) is 42.4 Å². The van der Waals surface area contributed by atoms with E-state index in [0.29, 0.717) is 16.9 Å². The Balaban J connectivity index is 1.51. The molecule has 1 spiro atoms. The molecule has 4 aromatic carbocycles. The van der Waals surface area contributed by atoms with Gasteiger partial charge in [-0.15, -0.1) is 0 Å². The lowest BCUT2D eigenvalue weighted by Crippen LogP contribution is -2.53. The van der Waals surface area contributed by atoms with E-state index in [4.69, 9.17) is 18.9 Å². The summed E-state index contributed by atoms with van der Waals surface area (Å²) in [6.45, 7) is -0.223. The molecule has 7 rings (SSSR count). The van der Waals surface area contributed by atoms with E-state index in [1.54, 1.807) is 53.4 Å². The fourth-order valence-electron chi connectivity index (χ4n) is 8.01. The minimum atomic E-state index is -2.02. The van der Waals surface area contributed by atoms with Crippen molar-refractivity contribution in [2.45, 2.75) is 29.6 Å². The lowest BCUT2D eigenvalue weighted by atomic mass is 9.65. The van der Waals surface area contributed by atoms with Gasteiger partial charge in [-0.25, -0.2) is 9.69 Å². The van der Waals surface area contributed by atoms with Crippen molar-refractivity contribution in [1.29, 1.82) is 0 Å². The molecule has 0 radical (unpaired) electrons. The number of amides is 2. The van der Waals surface area contributed by atoms with Crippen molar-refractivity contribution in [2.75, 3.05) is 38.4 Å². The van der Waals surface area contributed by atoms with Crippen LogP contribution in [0, 0.1) is 5.92 Å². The molecule has 51 heavy (non-hydrogen) atoms. The number of carbonyl (C=O) groups is 4. The first-order valence-electron chi connectivity index (χ1n) is 16.6. The van der Waals surface area contributed by atoms with Crippen LogP contribution < -0.4 is 9.64 Å². The van der Waals surface area contributed by atoms with Crippen LogP contribution in [0.5, 0.6) is 5.75 Å². The molecule has 12 heteroatoms. The topological polar surface area (TPSA) is 152 Å². The maximum atomic E-state index is 15.3. The monoisotopic (exact) mass is 692 g/mol. The minimum absolute atomic E-state index is 0.0503. The number of nitrogens with zero attached hydrogens (tertiary/aromatic N) is 2. The van der Waals surface area contributed by atoms with E-state index in [2.05, 4.69) is 0 Å². The summed E-state index contributed by atoms with van der Waals surface area (Å²) in [4.78, 5) is 59.9. The number of imide groups is 1. The predicted molar refractivity (Wildman–Crippen MR) is 182 cm³/mol. The van der Waals surface area contributed by atoms with Gasteiger partial charge in [-0.1, -0.05) is 91.0 Å². The Bertz CT molecular complexity index is 1920. The maximum Gasteiger partial charge on any atom is 0.421 e. The second-order valence-electron chi connectivity index (χ2n) is 12.5. The highest BCUT2D eigenvalue weighted by Crippen LogP contribution is 2.65. The molecule has 0 saturated carbocycles. The van der Waals surface area contributed by atoms with Crippen LogP contribution in [0.4, 0.5) is 10.5 Å². The molecule has 2 amide bonds. The fraction of sp³-hybridized carbons (Fsp3) is 0.282. The number of aliphatic hydroxyl groups is 1. The van der Waals surface area contributed by atoms with Gasteiger partial charge in [-0.2, -0.15) is 0 Å². The standard InChI is InChI=1S/C39H36N2O10/c1-48-22-23-50-38(47)40-29-15-9-8-14-28(29)39(37(40)46)30(35(43)44)32-36(45)51-33(25-12-6-3-7-13-25)31(24-10-4-2-5-11-24)41(32)34(39)26-16-18-27(19-17-26)49-21-20-42/h2-19,30-34,42H,20-23H2,1H3,(H,43,44)/t30-,31-,32-,33+,34+,39-/m1/s1. The number of fused-ring (bicyclic) bond motifs is 3. The van der Waals surface area contributed by atoms with Crippen molar-refractivity contribution in [3.05, 3.63) is 131 Å². The molecule has 2 saturated heterocycles. The van der Waals surface area contributed by atoms with E-state index in [0.717, 1.165) is 10.5 Å². The Hall–Kier alpha value is -5.56. The first kappa shape index (κ1) is 33.9. The first-order chi connectivity index (χ1) is 24.8. The number of carboxylic acids is 1. The number of rotatable bonds is 10. The number of aliphatic carboxylic acids is 1. The van der Waals surface area contributed by atoms with E-state index in [9.17, 15) is 24.6 Å². The molecule has 0 aromatic heterocycles. The van der Waals surface area contributed by atoms with E-state index in [1.165, 1.54) is 7.11 Å². The van der Waals surface area contributed by atoms with Gasteiger partial charge < -0.3 is 29.2 Å². The zero-order chi connectivity index (χ0) is 35.7. The summed E-state index contributed by atoms with van der Waals surface area (Å²) in [5, 5.41) is 20.5. The quantitative estimate of drug-likeness (QED) is 0.177. The molecule has 2 N–H and O–H groups in total. The third-order valence-electron chi connectivity index (χ3n) is 9.88. The van der Waals surface area contributed by atoms with E-state index in [-0.39, 0.29) is 37.7 Å². The van der Waals surface area contributed by atoms with Crippen molar-refractivity contribution in [3.63, 3.8) is 0 Å². The van der Waals surface area contributed by atoms with Gasteiger partial charge in [-0.3, -0.25) is 19.3 Å². The second kappa shape index (κ2) is 14.0. The molecule has 0 unspecified atom stereocenters. The van der Waals surface area contributed by atoms with E-state index < -0.39 is 59.5 Å². The summed E-state index contributed by atoms with van der Waals surface area (Å²) in [5.74, 6) is -4.31. The largest absolute Gasteiger partial charge is 0.491 e. The van der Waals surface area contributed by atoms with E-state index >= 15 is 4.79 Å². The smallest absolute Gasteiger partial charge is 0.421 e. The van der Waals surface area contributed by atoms with Crippen LogP contribution in [0.3, 0.4) is 0 Å². The lowest BCUT2D eigenvalue weighted by Gasteiger charge is -2.46. The van der Waals surface area contributed by atoms with Crippen molar-refractivity contribution in [3.8, 4) is 5.75 Å². The van der Waals surface area contributed by atoms with Crippen molar-refractivity contribution >= 4 is 29.6 Å². The number of para-hydroxylation sites is 1. The number of ether oxygens (including phenoxy) is 4. The van der Waals surface area contributed by atoms with Gasteiger partial charge in [0.15, 0.2) is 0 Å². The first-order valence-corrected chi connectivity index (χ1v) is 16.6. The van der Waals surface area contributed by atoms with Crippen LogP contribution in [-0.2, 0) is 34.0 Å². The number of hydrogen-bond acceptors (Lipinski definition) is 10. The van der Waals surface area contributed by atoms with Crippen molar-refractivity contribution in [1.82, 2.24) is 4.90 Å². The number of aliphatic hydroxyl groups excluding tert-OH is 1. The van der Waals surface area contributed by atoms with Gasteiger partial charge in [0.25, 0.3) is 0 Å². The Morgan fingerprint density at radius 3 is 2.08 bits per heavy atom. The molecule has 3 aliphatic rings. The molecule has 4 aromatic rings. The number of methoxy groups -OCH3 is 1. The van der Waals surface area contributed by atoms with Crippen LogP contribution in [0.1, 0.15) is 40.4 Å². The summed E-state index contributed by atoms with van der Waals surface area (Å²) in [7, 11) is 1.45. The third kappa shape index (κ3) is 5.52. The number of benzene rings is 4.